The summed E-state index contributed by atoms with van der Waals surface area (Å²) < 4.78 is 0. The average molecular weight is 442 g/mol. The van der Waals surface area contributed by atoms with Crippen molar-refractivity contribution in [3.63, 3.8) is 0 Å². The van der Waals surface area contributed by atoms with E-state index in [9.17, 15) is 0 Å². The fourth-order valence-corrected chi connectivity index (χ4v) is 3.03. The van der Waals surface area contributed by atoms with Crippen LogP contribution in [0, 0.1) is 0 Å². The van der Waals surface area contributed by atoms with E-state index in [4.69, 9.17) is 0 Å². The second-order valence-electron chi connectivity index (χ2n) is 5.77. The van der Waals surface area contributed by atoms with Gasteiger partial charge in [0.2, 0.25) is 0 Å². The number of rotatable bonds is 9. The molecule has 1 atom stereocenters. The lowest BCUT2D eigenvalue weighted by Crippen LogP contribution is -2.38. The molecule has 0 radical (unpaired) electrons. The van der Waals surface area contributed by atoms with Gasteiger partial charge in [0.1, 0.15) is 0 Å². The smallest absolute Gasteiger partial charge is 0.191 e. The molecule has 0 aromatic carbocycles. The molecule has 132 valence electrons. The summed E-state index contributed by atoms with van der Waals surface area (Å²) >= 11 is 1.86. The maximum atomic E-state index is 4.65. The van der Waals surface area contributed by atoms with Crippen LogP contribution in [0.3, 0.4) is 0 Å². The van der Waals surface area contributed by atoms with E-state index in [2.05, 4.69) is 40.6 Å². The molecular weight excluding hydrogens is 407 g/mol. The lowest BCUT2D eigenvalue weighted by molar-refractivity contribution is 0.158. The van der Waals surface area contributed by atoms with Crippen molar-refractivity contribution in [3.05, 3.63) is 0 Å². The Balaban J connectivity index is 0.00000441. The maximum Gasteiger partial charge on any atom is 0.191 e. The average Bonchev–Trinajstić information content (AvgIpc) is 2.49. The molecule has 1 rings (SSSR count). The summed E-state index contributed by atoms with van der Waals surface area (Å²) in [5, 5.41) is 6.68. The van der Waals surface area contributed by atoms with Crippen molar-refractivity contribution in [1.29, 1.82) is 0 Å². The van der Waals surface area contributed by atoms with E-state index in [1.54, 1.807) is 0 Å². The van der Waals surface area contributed by atoms with E-state index in [-0.39, 0.29) is 24.0 Å². The third-order valence-electron chi connectivity index (χ3n) is 4.01. The topological polar surface area (TPSA) is 39.7 Å². The molecule has 2 N–H and O–H groups in total. The molecule has 0 spiro atoms. The number of unbranched alkanes of at least 4 members (excludes halogenated alkanes) is 1. The van der Waals surface area contributed by atoms with E-state index in [1.165, 1.54) is 45.2 Å². The van der Waals surface area contributed by atoms with Crippen molar-refractivity contribution in [1.82, 2.24) is 15.5 Å². The van der Waals surface area contributed by atoms with Gasteiger partial charge in [-0.05, 0) is 58.9 Å². The Hall–Kier alpha value is 0.310. The van der Waals surface area contributed by atoms with Crippen molar-refractivity contribution < 1.29 is 0 Å². The minimum atomic E-state index is 0. The van der Waals surface area contributed by atoms with Crippen molar-refractivity contribution in [3.8, 4) is 0 Å². The molecule has 1 aliphatic rings. The number of hydrogen-bond donors (Lipinski definition) is 2. The molecule has 0 aliphatic carbocycles. The molecular formula is C16H35IN4S. The van der Waals surface area contributed by atoms with Crippen LogP contribution in [-0.4, -0.2) is 61.6 Å². The monoisotopic (exact) mass is 442 g/mol. The van der Waals surface area contributed by atoms with Crippen molar-refractivity contribution >= 4 is 41.7 Å². The normalized spacial score (nSPS) is 19.6. The summed E-state index contributed by atoms with van der Waals surface area (Å²) in [6.45, 7) is 9.86. The summed E-state index contributed by atoms with van der Waals surface area (Å²) in [5.41, 5.74) is 0. The Morgan fingerprint density at radius 2 is 2.09 bits per heavy atom. The third kappa shape index (κ3) is 10.2. The van der Waals surface area contributed by atoms with Crippen LogP contribution in [0.4, 0.5) is 0 Å². The van der Waals surface area contributed by atoms with Crippen LogP contribution >= 0.6 is 35.7 Å². The molecule has 0 aromatic rings. The van der Waals surface area contributed by atoms with Crippen molar-refractivity contribution in [2.75, 3.05) is 44.7 Å². The molecule has 0 aromatic heterocycles. The summed E-state index contributed by atoms with van der Waals surface area (Å²) in [4.78, 5) is 7.30. The number of hydrogen-bond acceptors (Lipinski definition) is 3. The number of thioether (sulfide) groups is 1. The molecule has 0 amide bonds. The maximum absolute atomic E-state index is 4.65. The standard InChI is InChI=1S/C16H34N4S.HI/c1-4-17-16(19-11-14-21-3)18-10-6-8-13-20-12-7-5-9-15(20)2;/h15H,4-14H2,1-3H3,(H2,17,18,19);1H. The van der Waals surface area contributed by atoms with Gasteiger partial charge in [-0.15, -0.1) is 24.0 Å². The zero-order valence-corrected chi connectivity index (χ0v) is 17.7. The Morgan fingerprint density at radius 1 is 1.27 bits per heavy atom. The van der Waals surface area contributed by atoms with Gasteiger partial charge < -0.3 is 15.5 Å². The highest BCUT2D eigenvalue weighted by Gasteiger charge is 2.16. The fraction of sp³-hybridized carbons (Fsp3) is 0.938. The zero-order chi connectivity index (χ0) is 15.3. The molecule has 1 heterocycles. The number of aliphatic imine (C=N–C) groups is 1. The van der Waals surface area contributed by atoms with Gasteiger partial charge in [0.05, 0.1) is 0 Å². The Morgan fingerprint density at radius 3 is 2.77 bits per heavy atom. The molecule has 0 saturated carbocycles. The van der Waals surface area contributed by atoms with Gasteiger partial charge in [0.25, 0.3) is 0 Å². The first-order valence-electron chi connectivity index (χ1n) is 8.53. The van der Waals surface area contributed by atoms with Gasteiger partial charge >= 0.3 is 0 Å². The number of halogens is 1. The fourth-order valence-electron chi connectivity index (χ4n) is 2.72. The molecule has 1 unspecified atom stereocenters. The third-order valence-corrected chi connectivity index (χ3v) is 4.62. The first kappa shape index (κ1) is 22.3. The van der Waals surface area contributed by atoms with E-state index in [1.807, 2.05) is 11.8 Å². The molecule has 4 nitrogen and oxygen atoms in total. The number of piperidine rings is 1. The number of likely N-dealkylation sites (tertiary alicyclic amines) is 1. The lowest BCUT2D eigenvalue weighted by Gasteiger charge is -2.33. The van der Waals surface area contributed by atoms with Gasteiger partial charge in [-0.25, -0.2) is 0 Å². The van der Waals surface area contributed by atoms with E-state index in [0.29, 0.717) is 0 Å². The zero-order valence-electron chi connectivity index (χ0n) is 14.6. The predicted molar refractivity (Wildman–Crippen MR) is 112 cm³/mol. The Labute approximate surface area is 158 Å². The minimum absolute atomic E-state index is 0. The van der Waals surface area contributed by atoms with Crippen LogP contribution in [0.2, 0.25) is 0 Å². The molecule has 1 aliphatic heterocycles. The van der Waals surface area contributed by atoms with Crippen LogP contribution < -0.4 is 10.6 Å². The summed E-state index contributed by atoms with van der Waals surface area (Å²) in [6.07, 6.45) is 8.75. The molecule has 0 bridgehead atoms. The van der Waals surface area contributed by atoms with E-state index in [0.717, 1.165) is 37.4 Å². The summed E-state index contributed by atoms with van der Waals surface area (Å²) in [5.74, 6) is 2.09. The van der Waals surface area contributed by atoms with Gasteiger partial charge in [0.15, 0.2) is 5.96 Å². The molecule has 1 saturated heterocycles. The minimum Gasteiger partial charge on any atom is -0.357 e. The van der Waals surface area contributed by atoms with Crippen LogP contribution in [0.25, 0.3) is 0 Å². The Kier molecular flexibility index (Phi) is 15.1. The number of guanidine groups is 1. The van der Waals surface area contributed by atoms with Crippen LogP contribution in [0.5, 0.6) is 0 Å². The van der Waals surface area contributed by atoms with Gasteiger partial charge in [0, 0.05) is 31.4 Å². The first-order valence-corrected chi connectivity index (χ1v) is 9.92. The van der Waals surface area contributed by atoms with Crippen molar-refractivity contribution in [2.24, 2.45) is 4.99 Å². The van der Waals surface area contributed by atoms with Gasteiger partial charge in [-0.1, -0.05) is 6.42 Å². The molecule has 1 fully saturated rings. The first-order chi connectivity index (χ1) is 10.3. The van der Waals surface area contributed by atoms with Crippen molar-refractivity contribution in [2.45, 2.75) is 52.0 Å². The quantitative estimate of drug-likeness (QED) is 0.249. The predicted octanol–water partition coefficient (Wildman–Crippen LogP) is 3.18. The van der Waals surface area contributed by atoms with Crippen LogP contribution in [0.1, 0.15) is 46.0 Å². The SMILES string of the molecule is CCNC(=NCCCCN1CCCCC1C)NCCSC.I. The second kappa shape index (κ2) is 14.9. The van der Waals surface area contributed by atoms with Crippen LogP contribution in [-0.2, 0) is 0 Å². The largest absolute Gasteiger partial charge is 0.357 e. The van der Waals surface area contributed by atoms with Gasteiger partial charge in [-0.3, -0.25) is 4.99 Å². The Bertz CT molecular complexity index is 289. The summed E-state index contributed by atoms with van der Waals surface area (Å²) in [7, 11) is 0. The highest BCUT2D eigenvalue weighted by molar-refractivity contribution is 14.0. The molecule has 6 heteroatoms. The highest BCUT2D eigenvalue weighted by Crippen LogP contribution is 2.16. The second-order valence-corrected chi connectivity index (χ2v) is 6.75. The summed E-state index contributed by atoms with van der Waals surface area (Å²) in [6, 6.07) is 0.785. The highest BCUT2D eigenvalue weighted by atomic mass is 127. The number of nitrogens with zero attached hydrogens (tertiary/aromatic N) is 2. The lowest BCUT2D eigenvalue weighted by atomic mass is 10.0. The number of nitrogens with one attached hydrogen (secondary N) is 2. The van der Waals surface area contributed by atoms with E-state index < -0.39 is 0 Å². The van der Waals surface area contributed by atoms with E-state index >= 15 is 0 Å². The molecule has 22 heavy (non-hydrogen) atoms. The van der Waals surface area contributed by atoms with Gasteiger partial charge in [-0.2, -0.15) is 11.8 Å². The van der Waals surface area contributed by atoms with Crippen LogP contribution in [0.15, 0.2) is 4.99 Å².